The quantitative estimate of drug-likeness (QED) is 0.759. The minimum atomic E-state index is -3.86. The first-order valence-corrected chi connectivity index (χ1v) is 8.69. The number of ether oxygens (including phenoxy) is 2. The number of carbonyl (C=O) groups is 2. The van der Waals surface area contributed by atoms with Crippen molar-refractivity contribution in [2.75, 3.05) is 23.7 Å². The summed E-state index contributed by atoms with van der Waals surface area (Å²) in [6.45, 7) is 5.29. The summed E-state index contributed by atoms with van der Waals surface area (Å²) in [4.78, 5) is 23.2. The number of thiophene rings is 1. The maximum atomic E-state index is 11.8. The van der Waals surface area contributed by atoms with Gasteiger partial charge in [-0.3, -0.25) is 9.52 Å². The van der Waals surface area contributed by atoms with Gasteiger partial charge in [0.15, 0.2) is 5.75 Å². The third-order valence-electron chi connectivity index (χ3n) is 2.25. The van der Waals surface area contributed by atoms with E-state index in [1.807, 2.05) is 0 Å². The molecule has 0 aromatic carbocycles. The Labute approximate surface area is 127 Å². The zero-order chi connectivity index (χ0) is 16.0. The van der Waals surface area contributed by atoms with Gasteiger partial charge >= 0.3 is 11.9 Å². The topological polar surface area (TPSA) is 98.8 Å². The van der Waals surface area contributed by atoms with Crippen LogP contribution in [0.3, 0.4) is 0 Å². The highest BCUT2D eigenvalue weighted by Gasteiger charge is 2.21. The lowest BCUT2D eigenvalue weighted by Gasteiger charge is -2.05. The van der Waals surface area contributed by atoms with E-state index < -0.39 is 27.7 Å². The predicted molar refractivity (Wildman–Crippen MR) is 79.1 cm³/mol. The van der Waals surface area contributed by atoms with Crippen LogP contribution in [0.4, 0.5) is 5.00 Å². The van der Waals surface area contributed by atoms with E-state index in [0.29, 0.717) is 10.4 Å². The first-order chi connectivity index (χ1) is 9.79. The molecule has 0 aliphatic carbocycles. The summed E-state index contributed by atoms with van der Waals surface area (Å²) in [7, 11) is -3.86. The number of hydrogen-bond acceptors (Lipinski definition) is 7. The molecular formula is C12H17NO6S2. The van der Waals surface area contributed by atoms with Crippen LogP contribution in [0, 0.1) is 6.92 Å². The fourth-order valence-electron chi connectivity index (χ4n) is 1.48. The Hall–Kier alpha value is -1.61. The van der Waals surface area contributed by atoms with Crippen LogP contribution in [0.25, 0.3) is 0 Å². The molecule has 21 heavy (non-hydrogen) atoms. The van der Waals surface area contributed by atoms with Crippen LogP contribution in [0.15, 0.2) is 6.07 Å². The molecule has 0 fully saturated rings. The van der Waals surface area contributed by atoms with E-state index in [2.05, 4.69) is 9.46 Å². The SMILES string of the molecule is CCOC(=O)CS(=O)(=O)Nc1cc(C)c(C(=O)OCC)s1. The van der Waals surface area contributed by atoms with Gasteiger partial charge < -0.3 is 9.47 Å². The number of hydrogen-bond donors (Lipinski definition) is 1. The highest BCUT2D eigenvalue weighted by Crippen LogP contribution is 2.28. The monoisotopic (exact) mass is 335 g/mol. The van der Waals surface area contributed by atoms with Gasteiger partial charge in [0.05, 0.1) is 13.2 Å². The van der Waals surface area contributed by atoms with E-state index >= 15 is 0 Å². The third-order valence-corrected chi connectivity index (χ3v) is 4.66. The lowest BCUT2D eigenvalue weighted by atomic mass is 10.3. The molecule has 0 amide bonds. The summed E-state index contributed by atoms with van der Waals surface area (Å²) in [5, 5.41) is 0.250. The fourth-order valence-corrected chi connectivity index (χ4v) is 3.68. The van der Waals surface area contributed by atoms with Crippen molar-refractivity contribution >= 4 is 38.3 Å². The van der Waals surface area contributed by atoms with Gasteiger partial charge in [0.2, 0.25) is 10.0 Å². The molecule has 0 atom stereocenters. The molecule has 0 aliphatic rings. The van der Waals surface area contributed by atoms with Gasteiger partial charge in [-0.05, 0) is 32.4 Å². The minimum absolute atomic E-state index is 0.111. The van der Waals surface area contributed by atoms with Crippen LogP contribution < -0.4 is 4.72 Å². The molecule has 0 saturated carbocycles. The zero-order valence-electron chi connectivity index (χ0n) is 12.0. The molecule has 1 aromatic rings. The van der Waals surface area contributed by atoms with Crippen molar-refractivity contribution in [1.82, 2.24) is 0 Å². The second-order valence-electron chi connectivity index (χ2n) is 4.01. The van der Waals surface area contributed by atoms with Crippen LogP contribution in [-0.4, -0.2) is 39.3 Å². The summed E-state index contributed by atoms with van der Waals surface area (Å²) in [5.74, 6) is -2.10. The van der Waals surface area contributed by atoms with Crippen molar-refractivity contribution in [3.05, 3.63) is 16.5 Å². The lowest BCUT2D eigenvalue weighted by Crippen LogP contribution is -2.24. The minimum Gasteiger partial charge on any atom is -0.465 e. The van der Waals surface area contributed by atoms with Gasteiger partial charge in [-0.2, -0.15) is 0 Å². The molecular weight excluding hydrogens is 318 g/mol. The Morgan fingerprint density at radius 2 is 1.86 bits per heavy atom. The van der Waals surface area contributed by atoms with Gasteiger partial charge in [0, 0.05) is 0 Å². The van der Waals surface area contributed by atoms with E-state index in [-0.39, 0.29) is 18.2 Å². The highest BCUT2D eigenvalue weighted by molar-refractivity contribution is 7.93. The molecule has 7 nitrogen and oxygen atoms in total. The molecule has 9 heteroatoms. The van der Waals surface area contributed by atoms with Crippen molar-refractivity contribution in [2.45, 2.75) is 20.8 Å². The molecule has 118 valence electrons. The number of anilines is 1. The van der Waals surface area contributed by atoms with Crippen LogP contribution in [0.5, 0.6) is 0 Å². The molecule has 1 rings (SSSR count). The van der Waals surface area contributed by atoms with Crippen molar-refractivity contribution in [3.63, 3.8) is 0 Å². The molecule has 0 saturated heterocycles. The Balaban J connectivity index is 2.82. The van der Waals surface area contributed by atoms with Crippen LogP contribution >= 0.6 is 11.3 Å². The van der Waals surface area contributed by atoms with Crippen molar-refractivity contribution in [3.8, 4) is 0 Å². The standard InChI is InChI=1S/C12H17NO6S2/c1-4-18-10(14)7-21(16,17)13-9-6-8(3)11(20-9)12(15)19-5-2/h6,13H,4-5,7H2,1-3H3. The number of rotatable bonds is 7. The van der Waals surface area contributed by atoms with Crippen molar-refractivity contribution < 1.29 is 27.5 Å². The summed E-state index contributed by atoms with van der Waals surface area (Å²) in [6.07, 6.45) is 0. The first kappa shape index (κ1) is 17.4. The third kappa shape index (κ3) is 5.35. The van der Waals surface area contributed by atoms with E-state index in [0.717, 1.165) is 11.3 Å². The maximum absolute atomic E-state index is 11.8. The van der Waals surface area contributed by atoms with Gasteiger partial charge in [-0.25, -0.2) is 13.2 Å². The number of carbonyl (C=O) groups excluding carboxylic acids is 2. The van der Waals surface area contributed by atoms with Gasteiger partial charge in [-0.1, -0.05) is 0 Å². The number of sulfonamides is 1. The molecule has 1 N–H and O–H groups in total. The second kappa shape index (κ2) is 7.41. The van der Waals surface area contributed by atoms with Crippen LogP contribution in [-0.2, 0) is 24.3 Å². The zero-order valence-corrected chi connectivity index (χ0v) is 13.6. The van der Waals surface area contributed by atoms with Gasteiger partial charge in [-0.15, -0.1) is 11.3 Å². The number of aryl methyl sites for hydroxylation is 1. The fraction of sp³-hybridized carbons (Fsp3) is 0.500. The number of nitrogens with one attached hydrogen (secondary N) is 1. The Bertz CT molecular complexity index is 620. The van der Waals surface area contributed by atoms with E-state index in [1.54, 1.807) is 20.8 Å². The largest absolute Gasteiger partial charge is 0.465 e. The van der Waals surface area contributed by atoms with E-state index in [1.165, 1.54) is 6.07 Å². The summed E-state index contributed by atoms with van der Waals surface area (Å²) in [6, 6.07) is 1.51. The Morgan fingerprint density at radius 1 is 1.24 bits per heavy atom. The highest BCUT2D eigenvalue weighted by atomic mass is 32.2. The van der Waals surface area contributed by atoms with Crippen molar-refractivity contribution in [2.24, 2.45) is 0 Å². The average Bonchev–Trinajstić information content (AvgIpc) is 2.69. The maximum Gasteiger partial charge on any atom is 0.348 e. The first-order valence-electron chi connectivity index (χ1n) is 6.22. The van der Waals surface area contributed by atoms with E-state index in [4.69, 9.17) is 4.74 Å². The molecule has 0 unspecified atom stereocenters. The Kier molecular flexibility index (Phi) is 6.16. The van der Waals surface area contributed by atoms with Crippen LogP contribution in [0.1, 0.15) is 29.1 Å². The second-order valence-corrected chi connectivity index (χ2v) is 6.78. The van der Waals surface area contributed by atoms with Gasteiger partial charge in [0.25, 0.3) is 0 Å². The van der Waals surface area contributed by atoms with Gasteiger partial charge in [0.1, 0.15) is 9.88 Å². The molecule has 1 heterocycles. The number of esters is 2. The Morgan fingerprint density at radius 3 is 2.43 bits per heavy atom. The predicted octanol–water partition coefficient (Wildman–Crippen LogP) is 1.54. The molecule has 0 radical (unpaired) electrons. The van der Waals surface area contributed by atoms with Crippen molar-refractivity contribution in [1.29, 1.82) is 0 Å². The normalized spacial score (nSPS) is 11.0. The smallest absolute Gasteiger partial charge is 0.348 e. The molecule has 1 aromatic heterocycles. The van der Waals surface area contributed by atoms with Crippen LogP contribution in [0.2, 0.25) is 0 Å². The molecule has 0 bridgehead atoms. The summed E-state index contributed by atoms with van der Waals surface area (Å²) < 4.78 is 35.3. The average molecular weight is 335 g/mol. The summed E-state index contributed by atoms with van der Waals surface area (Å²) in [5.41, 5.74) is 0.604. The lowest BCUT2D eigenvalue weighted by molar-refractivity contribution is -0.139. The molecule has 0 spiro atoms. The molecule has 0 aliphatic heterocycles. The van der Waals surface area contributed by atoms with E-state index in [9.17, 15) is 18.0 Å². The summed E-state index contributed by atoms with van der Waals surface area (Å²) >= 11 is 0.958.